The summed E-state index contributed by atoms with van der Waals surface area (Å²) >= 11 is 7.69. The molecule has 3 rings (SSSR count). The van der Waals surface area contributed by atoms with Crippen LogP contribution in [-0.4, -0.2) is 42.0 Å². The normalized spacial score (nSPS) is 15.0. The zero-order valence-corrected chi connectivity index (χ0v) is 14.7. The molecule has 6 heteroatoms. The van der Waals surface area contributed by atoms with E-state index in [9.17, 15) is 4.79 Å². The van der Waals surface area contributed by atoms with Crippen LogP contribution in [-0.2, 0) is 11.2 Å². The van der Waals surface area contributed by atoms with Gasteiger partial charge < -0.3 is 9.80 Å². The standard InChI is InChI=1S/C17H20ClN3OS/c1-13-19-15(12-23-13)5-6-17(22)21-9-7-20(8-10-21)16-4-2-3-14(18)11-16/h2-4,11-12H,5-10H2,1H3. The number of rotatable bonds is 4. The van der Waals surface area contributed by atoms with Gasteiger partial charge in [-0.15, -0.1) is 11.3 Å². The van der Waals surface area contributed by atoms with Gasteiger partial charge in [-0.25, -0.2) is 4.98 Å². The molecule has 0 radical (unpaired) electrons. The van der Waals surface area contributed by atoms with Crippen molar-refractivity contribution in [3.63, 3.8) is 0 Å². The molecule has 122 valence electrons. The minimum Gasteiger partial charge on any atom is -0.368 e. The molecule has 1 amide bonds. The van der Waals surface area contributed by atoms with Gasteiger partial charge in [0.2, 0.25) is 5.91 Å². The van der Waals surface area contributed by atoms with Crippen LogP contribution in [0.4, 0.5) is 5.69 Å². The average Bonchev–Trinajstić information content (AvgIpc) is 2.98. The van der Waals surface area contributed by atoms with Gasteiger partial charge in [0.1, 0.15) is 0 Å². The smallest absolute Gasteiger partial charge is 0.223 e. The lowest BCUT2D eigenvalue weighted by atomic mass is 10.2. The summed E-state index contributed by atoms with van der Waals surface area (Å²) in [5.74, 6) is 0.224. The monoisotopic (exact) mass is 349 g/mol. The molecule has 4 nitrogen and oxygen atoms in total. The molecule has 1 saturated heterocycles. The summed E-state index contributed by atoms with van der Waals surface area (Å²) < 4.78 is 0. The number of carbonyl (C=O) groups is 1. The Morgan fingerprint density at radius 2 is 2.09 bits per heavy atom. The SMILES string of the molecule is Cc1nc(CCC(=O)N2CCN(c3cccc(Cl)c3)CC2)cs1. The van der Waals surface area contributed by atoms with Crippen LogP contribution in [0.2, 0.25) is 5.02 Å². The van der Waals surface area contributed by atoms with E-state index in [0.717, 1.165) is 54.0 Å². The Bertz CT molecular complexity index is 680. The van der Waals surface area contributed by atoms with Gasteiger partial charge in [0.05, 0.1) is 10.7 Å². The van der Waals surface area contributed by atoms with Gasteiger partial charge in [-0.2, -0.15) is 0 Å². The summed E-state index contributed by atoms with van der Waals surface area (Å²) in [6.07, 6.45) is 1.28. The molecule has 1 aromatic carbocycles. The van der Waals surface area contributed by atoms with Crippen molar-refractivity contribution in [3.8, 4) is 0 Å². The van der Waals surface area contributed by atoms with Crippen molar-refractivity contribution in [1.29, 1.82) is 0 Å². The Balaban J connectivity index is 1.49. The molecule has 0 aliphatic carbocycles. The Kier molecular flexibility index (Phi) is 5.18. The van der Waals surface area contributed by atoms with E-state index in [1.807, 2.05) is 35.4 Å². The highest BCUT2D eigenvalue weighted by atomic mass is 35.5. The van der Waals surface area contributed by atoms with Crippen LogP contribution in [0, 0.1) is 6.92 Å². The first-order valence-corrected chi connectivity index (χ1v) is 9.07. The molecule has 1 aliphatic heterocycles. The van der Waals surface area contributed by atoms with Gasteiger partial charge in [-0.05, 0) is 31.5 Å². The number of thiazole rings is 1. The van der Waals surface area contributed by atoms with Gasteiger partial charge in [0.15, 0.2) is 0 Å². The molecular formula is C17H20ClN3OS. The third-order valence-electron chi connectivity index (χ3n) is 4.07. The molecule has 2 heterocycles. The van der Waals surface area contributed by atoms with Crippen molar-refractivity contribution in [2.45, 2.75) is 19.8 Å². The quantitative estimate of drug-likeness (QED) is 0.849. The number of benzene rings is 1. The summed E-state index contributed by atoms with van der Waals surface area (Å²) in [6.45, 7) is 5.22. The number of hydrogen-bond donors (Lipinski definition) is 0. The summed E-state index contributed by atoms with van der Waals surface area (Å²) in [4.78, 5) is 21.0. The Labute approximate surface area is 145 Å². The third-order valence-corrected chi connectivity index (χ3v) is 5.12. The van der Waals surface area contributed by atoms with Crippen LogP contribution in [0.1, 0.15) is 17.1 Å². The van der Waals surface area contributed by atoms with Crippen molar-refractivity contribution < 1.29 is 4.79 Å². The second kappa shape index (κ2) is 7.32. The zero-order chi connectivity index (χ0) is 16.2. The van der Waals surface area contributed by atoms with Gasteiger partial charge in [0, 0.05) is 48.7 Å². The largest absolute Gasteiger partial charge is 0.368 e. The van der Waals surface area contributed by atoms with Gasteiger partial charge >= 0.3 is 0 Å². The minimum absolute atomic E-state index is 0.224. The summed E-state index contributed by atoms with van der Waals surface area (Å²) in [6, 6.07) is 7.88. The van der Waals surface area contributed by atoms with E-state index >= 15 is 0 Å². The fourth-order valence-electron chi connectivity index (χ4n) is 2.80. The highest BCUT2D eigenvalue weighted by Gasteiger charge is 2.21. The molecular weight excluding hydrogens is 330 g/mol. The van der Waals surface area contributed by atoms with Crippen LogP contribution in [0.3, 0.4) is 0 Å². The number of aromatic nitrogens is 1. The van der Waals surface area contributed by atoms with E-state index in [0.29, 0.717) is 6.42 Å². The summed E-state index contributed by atoms with van der Waals surface area (Å²) in [5, 5.41) is 3.85. The number of carbonyl (C=O) groups excluding carboxylic acids is 1. The van der Waals surface area contributed by atoms with Crippen LogP contribution in [0.25, 0.3) is 0 Å². The summed E-state index contributed by atoms with van der Waals surface area (Å²) in [7, 11) is 0. The van der Waals surface area contributed by atoms with Crippen LogP contribution in [0.15, 0.2) is 29.6 Å². The van der Waals surface area contributed by atoms with Crippen LogP contribution >= 0.6 is 22.9 Å². The molecule has 1 aromatic heterocycles. The molecule has 2 aromatic rings. The maximum absolute atomic E-state index is 12.3. The maximum Gasteiger partial charge on any atom is 0.223 e. The third kappa shape index (κ3) is 4.24. The molecule has 0 saturated carbocycles. The fourth-order valence-corrected chi connectivity index (χ4v) is 3.63. The molecule has 0 atom stereocenters. The van der Waals surface area contributed by atoms with Crippen LogP contribution in [0.5, 0.6) is 0 Å². The van der Waals surface area contributed by atoms with E-state index < -0.39 is 0 Å². The number of piperazine rings is 1. The topological polar surface area (TPSA) is 36.4 Å². The van der Waals surface area contributed by atoms with Crippen molar-refractivity contribution in [2.75, 3.05) is 31.1 Å². The Morgan fingerprint density at radius 1 is 1.30 bits per heavy atom. The van der Waals surface area contributed by atoms with E-state index in [-0.39, 0.29) is 5.91 Å². The lowest BCUT2D eigenvalue weighted by Crippen LogP contribution is -2.48. The van der Waals surface area contributed by atoms with E-state index in [4.69, 9.17) is 11.6 Å². The zero-order valence-electron chi connectivity index (χ0n) is 13.2. The van der Waals surface area contributed by atoms with Gasteiger partial charge in [0.25, 0.3) is 0 Å². The number of nitrogens with zero attached hydrogens (tertiary/aromatic N) is 3. The predicted molar refractivity (Wildman–Crippen MR) is 95.4 cm³/mol. The molecule has 0 unspecified atom stereocenters. The second-order valence-corrected chi connectivity index (χ2v) is 7.20. The lowest BCUT2D eigenvalue weighted by Gasteiger charge is -2.36. The number of halogens is 1. The number of amides is 1. The number of aryl methyl sites for hydroxylation is 2. The average molecular weight is 350 g/mol. The Hall–Kier alpha value is -1.59. The molecule has 1 fully saturated rings. The van der Waals surface area contributed by atoms with Crippen LogP contribution < -0.4 is 4.90 Å². The van der Waals surface area contributed by atoms with Crippen molar-refractivity contribution in [3.05, 3.63) is 45.4 Å². The van der Waals surface area contributed by atoms with E-state index in [2.05, 4.69) is 16.0 Å². The molecule has 23 heavy (non-hydrogen) atoms. The van der Waals surface area contributed by atoms with E-state index in [1.165, 1.54) is 0 Å². The van der Waals surface area contributed by atoms with Crippen molar-refractivity contribution in [1.82, 2.24) is 9.88 Å². The Morgan fingerprint density at radius 3 is 2.74 bits per heavy atom. The molecule has 0 bridgehead atoms. The first-order chi connectivity index (χ1) is 11.1. The minimum atomic E-state index is 0.224. The van der Waals surface area contributed by atoms with Crippen molar-refractivity contribution >= 4 is 34.5 Å². The lowest BCUT2D eigenvalue weighted by molar-refractivity contribution is -0.131. The fraction of sp³-hybridized carbons (Fsp3) is 0.412. The van der Waals surface area contributed by atoms with E-state index in [1.54, 1.807) is 11.3 Å². The number of anilines is 1. The second-order valence-electron chi connectivity index (χ2n) is 5.71. The summed E-state index contributed by atoms with van der Waals surface area (Å²) in [5.41, 5.74) is 2.15. The number of hydrogen-bond acceptors (Lipinski definition) is 4. The van der Waals surface area contributed by atoms with Gasteiger partial charge in [-0.1, -0.05) is 17.7 Å². The maximum atomic E-state index is 12.3. The molecule has 0 spiro atoms. The highest BCUT2D eigenvalue weighted by Crippen LogP contribution is 2.21. The molecule has 1 aliphatic rings. The predicted octanol–water partition coefficient (Wildman–Crippen LogP) is 3.39. The highest BCUT2D eigenvalue weighted by molar-refractivity contribution is 7.09. The first-order valence-electron chi connectivity index (χ1n) is 7.81. The first kappa shape index (κ1) is 16.3. The molecule has 0 N–H and O–H groups in total. The van der Waals surface area contributed by atoms with Crippen molar-refractivity contribution in [2.24, 2.45) is 0 Å². The van der Waals surface area contributed by atoms with Gasteiger partial charge in [-0.3, -0.25) is 4.79 Å².